The first kappa shape index (κ1) is 20.2. The first-order valence-electron chi connectivity index (χ1n) is 8.96. The Balaban J connectivity index is 2.22. The van der Waals surface area contributed by atoms with Gasteiger partial charge in [-0.15, -0.1) is 0 Å². The minimum Gasteiger partial charge on any atom is -0.384 e. The van der Waals surface area contributed by atoms with Gasteiger partial charge in [0.05, 0.1) is 0 Å². The summed E-state index contributed by atoms with van der Waals surface area (Å²) in [5.74, 6) is -0.146. The molecule has 0 saturated carbocycles. The van der Waals surface area contributed by atoms with Gasteiger partial charge in [0.25, 0.3) is 5.91 Å². The van der Waals surface area contributed by atoms with Gasteiger partial charge >= 0.3 is 0 Å². The molecule has 0 aliphatic carbocycles. The second-order valence-corrected chi connectivity index (χ2v) is 6.75. The molecule has 2 rings (SSSR count). The topological polar surface area (TPSA) is 99.3 Å². The fourth-order valence-corrected chi connectivity index (χ4v) is 2.56. The summed E-state index contributed by atoms with van der Waals surface area (Å²) in [6.07, 6.45) is 0.881. The van der Waals surface area contributed by atoms with E-state index in [4.69, 9.17) is 11.1 Å². The maximum absolute atomic E-state index is 13.1. The van der Waals surface area contributed by atoms with Gasteiger partial charge in [-0.1, -0.05) is 44.2 Å². The number of carbonyl (C=O) groups is 2. The Morgan fingerprint density at radius 2 is 1.74 bits per heavy atom. The third kappa shape index (κ3) is 5.95. The molecule has 2 aromatic rings. The molecular formula is C21H26N4O2. The largest absolute Gasteiger partial charge is 0.384 e. The van der Waals surface area contributed by atoms with Crippen LogP contribution in [0.3, 0.4) is 0 Å². The van der Waals surface area contributed by atoms with Gasteiger partial charge < -0.3 is 11.1 Å². The van der Waals surface area contributed by atoms with Gasteiger partial charge in [-0.05, 0) is 36.6 Å². The highest BCUT2D eigenvalue weighted by Crippen LogP contribution is 2.17. The lowest BCUT2D eigenvalue weighted by atomic mass is 10.1. The molecular weight excluding hydrogens is 340 g/mol. The molecule has 0 saturated heterocycles. The van der Waals surface area contributed by atoms with E-state index in [2.05, 4.69) is 19.2 Å². The molecule has 0 spiro atoms. The number of nitrogens with zero attached hydrogens (tertiary/aromatic N) is 1. The van der Waals surface area contributed by atoms with Crippen molar-refractivity contribution >= 4 is 23.3 Å². The van der Waals surface area contributed by atoms with Gasteiger partial charge in [-0.25, -0.2) is 0 Å². The van der Waals surface area contributed by atoms with Crippen molar-refractivity contribution in [1.82, 2.24) is 5.32 Å². The van der Waals surface area contributed by atoms with E-state index < -0.39 is 0 Å². The van der Waals surface area contributed by atoms with Crippen LogP contribution in [-0.4, -0.2) is 30.7 Å². The number of amides is 2. The maximum atomic E-state index is 13.1. The molecule has 27 heavy (non-hydrogen) atoms. The van der Waals surface area contributed by atoms with Crippen LogP contribution in [0.15, 0.2) is 54.6 Å². The number of hydrogen-bond acceptors (Lipinski definition) is 3. The molecule has 0 radical (unpaired) electrons. The number of carbonyl (C=O) groups excluding carboxylic acids is 2. The molecule has 0 heterocycles. The Bertz CT molecular complexity index is 803. The zero-order valence-corrected chi connectivity index (χ0v) is 15.7. The van der Waals surface area contributed by atoms with E-state index in [0.29, 0.717) is 29.3 Å². The summed E-state index contributed by atoms with van der Waals surface area (Å²) >= 11 is 0. The lowest BCUT2D eigenvalue weighted by Crippen LogP contribution is -2.41. The van der Waals surface area contributed by atoms with Crippen molar-refractivity contribution in [3.05, 3.63) is 65.7 Å². The summed E-state index contributed by atoms with van der Waals surface area (Å²) < 4.78 is 0. The zero-order valence-electron chi connectivity index (χ0n) is 15.7. The minimum atomic E-state index is -0.316. The molecule has 0 bridgehead atoms. The number of hydrogen-bond donors (Lipinski definition) is 3. The summed E-state index contributed by atoms with van der Waals surface area (Å²) in [4.78, 5) is 26.9. The smallest absolute Gasteiger partial charge is 0.258 e. The van der Waals surface area contributed by atoms with E-state index in [1.807, 2.05) is 18.2 Å². The van der Waals surface area contributed by atoms with E-state index in [9.17, 15) is 9.59 Å². The lowest BCUT2D eigenvalue weighted by Gasteiger charge is -2.23. The molecule has 6 nitrogen and oxygen atoms in total. The first-order chi connectivity index (χ1) is 12.9. The molecule has 0 unspecified atom stereocenters. The highest BCUT2D eigenvalue weighted by atomic mass is 16.2. The van der Waals surface area contributed by atoms with Crippen molar-refractivity contribution in [1.29, 1.82) is 5.41 Å². The molecule has 142 valence electrons. The van der Waals surface area contributed by atoms with Gasteiger partial charge in [0.2, 0.25) is 5.91 Å². The average Bonchev–Trinajstić information content (AvgIpc) is 2.66. The van der Waals surface area contributed by atoms with Crippen LogP contribution in [0.1, 0.15) is 36.2 Å². The number of benzene rings is 2. The zero-order chi connectivity index (χ0) is 19.8. The number of nitrogens with one attached hydrogen (secondary N) is 2. The van der Waals surface area contributed by atoms with E-state index in [1.165, 1.54) is 4.90 Å². The maximum Gasteiger partial charge on any atom is 0.258 e. The van der Waals surface area contributed by atoms with Crippen molar-refractivity contribution < 1.29 is 9.59 Å². The highest BCUT2D eigenvalue weighted by molar-refractivity contribution is 6.10. The van der Waals surface area contributed by atoms with Crippen LogP contribution in [0, 0.1) is 11.3 Å². The van der Waals surface area contributed by atoms with Gasteiger partial charge in [0.15, 0.2) is 0 Å². The molecule has 0 fully saturated rings. The van der Waals surface area contributed by atoms with E-state index in [1.54, 1.807) is 36.4 Å². The molecule has 2 amide bonds. The van der Waals surface area contributed by atoms with Crippen molar-refractivity contribution in [3.8, 4) is 0 Å². The van der Waals surface area contributed by atoms with Crippen LogP contribution >= 0.6 is 0 Å². The second-order valence-electron chi connectivity index (χ2n) is 6.75. The van der Waals surface area contributed by atoms with E-state index in [0.717, 1.165) is 6.42 Å². The molecule has 6 heteroatoms. The van der Waals surface area contributed by atoms with Crippen LogP contribution in [0.25, 0.3) is 0 Å². The molecule has 4 N–H and O–H groups in total. The minimum absolute atomic E-state index is 0.0781. The van der Waals surface area contributed by atoms with Crippen molar-refractivity contribution in [2.24, 2.45) is 11.7 Å². The third-order valence-electron chi connectivity index (χ3n) is 4.08. The predicted octanol–water partition coefficient (Wildman–Crippen LogP) is 2.78. The third-order valence-corrected chi connectivity index (χ3v) is 4.08. The van der Waals surface area contributed by atoms with Gasteiger partial charge in [-0.2, -0.15) is 0 Å². The monoisotopic (exact) mass is 366 g/mol. The Kier molecular flexibility index (Phi) is 7.11. The van der Waals surface area contributed by atoms with Gasteiger partial charge in [-0.3, -0.25) is 19.9 Å². The molecule has 0 aromatic heterocycles. The van der Waals surface area contributed by atoms with E-state index >= 15 is 0 Å². The fraction of sp³-hybridized carbons (Fsp3) is 0.286. The second kappa shape index (κ2) is 9.52. The van der Waals surface area contributed by atoms with E-state index in [-0.39, 0.29) is 24.2 Å². The van der Waals surface area contributed by atoms with Crippen LogP contribution < -0.4 is 16.0 Å². The summed E-state index contributed by atoms with van der Waals surface area (Å²) in [5, 5.41) is 10.4. The summed E-state index contributed by atoms with van der Waals surface area (Å²) in [5.41, 5.74) is 7.00. The quantitative estimate of drug-likeness (QED) is 0.495. The number of nitrogen functional groups attached to an aromatic ring is 1. The predicted molar refractivity (Wildman–Crippen MR) is 108 cm³/mol. The van der Waals surface area contributed by atoms with Crippen LogP contribution in [-0.2, 0) is 4.79 Å². The highest BCUT2D eigenvalue weighted by Gasteiger charge is 2.21. The molecule has 0 aliphatic rings. The molecule has 0 aliphatic heterocycles. The van der Waals surface area contributed by atoms with Crippen LogP contribution in [0.2, 0.25) is 0 Å². The SMILES string of the molecule is CC(C)CCNC(=O)CN(C(=O)c1cccc(C(=N)N)c1)c1ccccc1. The first-order valence-corrected chi connectivity index (χ1v) is 8.96. The average molecular weight is 366 g/mol. The van der Waals surface area contributed by atoms with Gasteiger partial charge in [0.1, 0.15) is 12.4 Å². The molecule has 0 atom stereocenters. The molecule has 2 aromatic carbocycles. The Labute approximate surface area is 159 Å². The van der Waals surface area contributed by atoms with Crippen molar-refractivity contribution in [3.63, 3.8) is 0 Å². The summed E-state index contributed by atoms with van der Waals surface area (Å²) in [6, 6.07) is 15.6. The Hall–Kier alpha value is -3.15. The number of amidine groups is 1. The Morgan fingerprint density at radius 1 is 1.07 bits per heavy atom. The van der Waals surface area contributed by atoms with Crippen LogP contribution in [0.4, 0.5) is 5.69 Å². The van der Waals surface area contributed by atoms with Crippen molar-refractivity contribution in [2.75, 3.05) is 18.0 Å². The number of para-hydroxylation sites is 1. The van der Waals surface area contributed by atoms with Gasteiger partial charge in [0, 0.05) is 23.4 Å². The number of nitrogens with two attached hydrogens (primary N) is 1. The summed E-state index contributed by atoms with van der Waals surface area (Å²) in [6.45, 7) is 4.68. The summed E-state index contributed by atoms with van der Waals surface area (Å²) in [7, 11) is 0. The number of anilines is 1. The standard InChI is InChI=1S/C21H26N4O2/c1-15(2)11-12-24-19(26)14-25(18-9-4-3-5-10-18)21(27)17-8-6-7-16(13-17)20(22)23/h3-10,13,15H,11-12,14H2,1-2H3,(H3,22,23)(H,24,26). The van der Waals surface area contributed by atoms with Crippen molar-refractivity contribution in [2.45, 2.75) is 20.3 Å². The normalized spacial score (nSPS) is 10.5. The lowest BCUT2D eigenvalue weighted by molar-refractivity contribution is -0.119. The Morgan fingerprint density at radius 3 is 2.37 bits per heavy atom. The fourth-order valence-electron chi connectivity index (χ4n) is 2.56. The number of rotatable bonds is 8. The van der Waals surface area contributed by atoms with Crippen LogP contribution in [0.5, 0.6) is 0 Å².